The monoisotopic (exact) mass is 387 g/mol. The number of aromatic nitrogens is 1. The van der Waals surface area contributed by atoms with Gasteiger partial charge in [-0.15, -0.1) is 11.3 Å². The number of nitrogens with zero attached hydrogens (tertiary/aromatic N) is 1. The van der Waals surface area contributed by atoms with Crippen LogP contribution in [0.1, 0.15) is 22.9 Å². The number of thiophene rings is 1. The van der Waals surface area contributed by atoms with E-state index in [0.29, 0.717) is 10.0 Å². The minimum atomic E-state index is -3.60. The topological polar surface area (TPSA) is 71.1 Å². The van der Waals surface area contributed by atoms with Crippen LogP contribution in [0.15, 0.2) is 52.9 Å². The number of sulfonamides is 1. The van der Waals surface area contributed by atoms with Crippen molar-refractivity contribution in [3.8, 4) is 0 Å². The van der Waals surface area contributed by atoms with E-state index in [0.717, 1.165) is 22.7 Å². The van der Waals surface area contributed by atoms with Crippen molar-refractivity contribution >= 4 is 38.6 Å². The van der Waals surface area contributed by atoms with Gasteiger partial charge in [-0.2, -0.15) is 0 Å². The Balaban J connectivity index is 1.71. The molecule has 136 valence electrons. The number of hydrogen-bond donors (Lipinski definition) is 2. The molecule has 0 spiro atoms. The number of aryl methyl sites for hydroxylation is 3. The van der Waals surface area contributed by atoms with Gasteiger partial charge in [-0.05, 0) is 67.8 Å². The highest BCUT2D eigenvalue weighted by atomic mass is 32.2. The molecule has 0 bridgehead atoms. The smallest absolute Gasteiger partial charge is 0.272 e. The zero-order valence-corrected chi connectivity index (χ0v) is 16.5. The van der Waals surface area contributed by atoms with Gasteiger partial charge >= 0.3 is 0 Å². The Morgan fingerprint density at radius 1 is 1.00 bits per heavy atom. The second-order valence-corrected chi connectivity index (χ2v) is 9.11. The number of nitrogens with one attached hydrogen (secondary N) is 2. The van der Waals surface area contributed by atoms with Gasteiger partial charge in [0.2, 0.25) is 0 Å². The lowest BCUT2D eigenvalue weighted by Gasteiger charge is -2.10. The van der Waals surface area contributed by atoms with Gasteiger partial charge in [0.05, 0.1) is 11.9 Å². The minimum absolute atomic E-state index is 0.294. The highest BCUT2D eigenvalue weighted by Gasteiger charge is 2.17. The van der Waals surface area contributed by atoms with E-state index in [1.807, 2.05) is 19.1 Å². The molecule has 3 rings (SSSR count). The van der Waals surface area contributed by atoms with Gasteiger partial charge < -0.3 is 5.32 Å². The SMILES string of the molecule is CCc1ccc(S(=O)(=O)Nc2ccc(Nc3ccc(C)c(C)c3)cn2)s1. The van der Waals surface area contributed by atoms with Gasteiger partial charge in [-0.3, -0.25) is 4.72 Å². The second-order valence-electron chi connectivity index (χ2n) is 6.04. The third-order valence-electron chi connectivity index (χ3n) is 4.05. The predicted molar refractivity (Wildman–Crippen MR) is 108 cm³/mol. The number of rotatable bonds is 6. The fourth-order valence-corrected chi connectivity index (χ4v) is 4.70. The molecule has 0 saturated heterocycles. The summed E-state index contributed by atoms with van der Waals surface area (Å²) in [7, 11) is -3.60. The summed E-state index contributed by atoms with van der Waals surface area (Å²) in [6, 6.07) is 13.0. The van der Waals surface area contributed by atoms with Crippen LogP contribution in [-0.4, -0.2) is 13.4 Å². The average Bonchev–Trinajstić information content (AvgIpc) is 3.10. The molecule has 0 radical (unpaired) electrons. The molecular weight excluding hydrogens is 366 g/mol. The van der Waals surface area contributed by atoms with Crippen LogP contribution in [0.5, 0.6) is 0 Å². The molecule has 0 aliphatic heterocycles. The molecule has 26 heavy (non-hydrogen) atoms. The highest BCUT2D eigenvalue weighted by Crippen LogP contribution is 2.25. The number of pyridine rings is 1. The summed E-state index contributed by atoms with van der Waals surface area (Å²) in [5.74, 6) is 0.294. The van der Waals surface area contributed by atoms with Crippen LogP contribution in [0.4, 0.5) is 17.2 Å². The normalized spacial score (nSPS) is 11.3. The van der Waals surface area contributed by atoms with Crippen LogP contribution in [0.25, 0.3) is 0 Å². The van der Waals surface area contributed by atoms with Crippen LogP contribution in [0.3, 0.4) is 0 Å². The Labute approximate surface area is 158 Å². The third-order valence-corrected chi connectivity index (χ3v) is 7.12. The van der Waals surface area contributed by atoms with Crippen molar-refractivity contribution in [3.05, 3.63) is 64.7 Å². The zero-order valence-electron chi connectivity index (χ0n) is 14.9. The molecule has 7 heteroatoms. The van der Waals surface area contributed by atoms with E-state index in [-0.39, 0.29) is 0 Å². The molecule has 0 amide bonds. The average molecular weight is 388 g/mol. The molecule has 2 N–H and O–H groups in total. The van der Waals surface area contributed by atoms with E-state index in [2.05, 4.69) is 41.0 Å². The Morgan fingerprint density at radius 2 is 1.77 bits per heavy atom. The predicted octanol–water partition coefficient (Wildman–Crippen LogP) is 4.87. The van der Waals surface area contributed by atoms with Crippen LogP contribution >= 0.6 is 11.3 Å². The van der Waals surface area contributed by atoms with Crippen molar-refractivity contribution in [1.29, 1.82) is 0 Å². The summed E-state index contributed by atoms with van der Waals surface area (Å²) in [6.45, 7) is 6.13. The van der Waals surface area contributed by atoms with Crippen LogP contribution < -0.4 is 10.0 Å². The molecule has 2 heterocycles. The molecular formula is C19H21N3O2S2. The zero-order chi connectivity index (χ0) is 18.7. The first kappa shape index (κ1) is 18.4. The van der Waals surface area contributed by atoms with Gasteiger partial charge in [0.1, 0.15) is 10.0 Å². The molecule has 0 aliphatic rings. The maximum atomic E-state index is 12.4. The molecule has 5 nitrogen and oxygen atoms in total. The summed E-state index contributed by atoms with van der Waals surface area (Å²) in [6.07, 6.45) is 2.43. The first-order chi connectivity index (χ1) is 12.4. The maximum absolute atomic E-state index is 12.4. The molecule has 2 aromatic heterocycles. The minimum Gasteiger partial charge on any atom is -0.354 e. The Hall–Kier alpha value is -2.38. The molecule has 0 fully saturated rings. The van der Waals surface area contributed by atoms with E-state index in [9.17, 15) is 8.42 Å². The molecule has 0 saturated carbocycles. The summed E-state index contributed by atoms with van der Waals surface area (Å²) in [4.78, 5) is 5.24. The Morgan fingerprint density at radius 3 is 2.38 bits per heavy atom. The van der Waals surface area contributed by atoms with E-state index in [4.69, 9.17) is 0 Å². The van der Waals surface area contributed by atoms with Crippen LogP contribution in [-0.2, 0) is 16.4 Å². The lowest BCUT2D eigenvalue weighted by atomic mass is 10.1. The van der Waals surface area contributed by atoms with Crippen LogP contribution in [0.2, 0.25) is 0 Å². The van der Waals surface area contributed by atoms with Crippen molar-refractivity contribution in [1.82, 2.24) is 4.98 Å². The summed E-state index contributed by atoms with van der Waals surface area (Å²) in [5.41, 5.74) is 4.20. The molecule has 0 unspecified atom stereocenters. The van der Waals surface area contributed by atoms with E-state index < -0.39 is 10.0 Å². The standard InChI is InChI=1S/C19H21N3O2S2/c1-4-17-8-10-19(25-17)26(23,24)22-18-9-7-16(12-20-18)21-15-6-5-13(2)14(3)11-15/h5-12,21H,4H2,1-3H3,(H,20,22). The third kappa shape index (κ3) is 4.23. The Bertz CT molecular complexity index is 1010. The summed E-state index contributed by atoms with van der Waals surface area (Å²) >= 11 is 1.28. The lowest BCUT2D eigenvalue weighted by Crippen LogP contribution is -2.12. The largest absolute Gasteiger partial charge is 0.354 e. The lowest BCUT2D eigenvalue weighted by molar-refractivity contribution is 0.603. The van der Waals surface area contributed by atoms with Gasteiger partial charge in [0.15, 0.2) is 0 Å². The molecule has 0 atom stereocenters. The van der Waals surface area contributed by atoms with E-state index in [1.165, 1.54) is 22.5 Å². The van der Waals surface area contributed by atoms with Crippen molar-refractivity contribution in [3.63, 3.8) is 0 Å². The maximum Gasteiger partial charge on any atom is 0.272 e. The quantitative estimate of drug-likeness (QED) is 0.633. The molecule has 1 aromatic carbocycles. The van der Waals surface area contributed by atoms with Gasteiger partial charge in [-0.1, -0.05) is 13.0 Å². The highest BCUT2D eigenvalue weighted by molar-refractivity contribution is 7.94. The van der Waals surface area contributed by atoms with Gasteiger partial charge in [-0.25, -0.2) is 13.4 Å². The van der Waals surface area contributed by atoms with E-state index in [1.54, 1.807) is 24.4 Å². The number of benzene rings is 1. The van der Waals surface area contributed by atoms with Crippen LogP contribution in [0, 0.1) is 13.8 Å². The number of hydrogen-bond acceptors (Lipinski definition) is 5. The fraction of sp³-hybridized carbons (Fsp3) is 0.211. The molecule has 3 aromatic rings. The fourth-order valence-electron chi connectivity index (χ4n) is 2.39. The van der Waals surface area contributed by atoms with Crippen molar-refractivity contribution in [2.45, 2.75) is 31.4 Å². The van der Waals surface area contributed by atoms with Crippen molar-refractivity contribution in [2.24, 2.45) is 0 Å². The van der Waals surface area contributed by atoms with Gasteiger partial charge in [0.25, 0.3) is 10.0 Å². The first-order valence-corrected chi connectivity index (χ1v) is 10.6. The first-order valence-electron chi connectivity index (χ1n) is 8.29. The number of anilines is 3. The van der Waals surface area contributed by atoms with Crippen molar-refractivity contribution in [2.75, 3.05) is 10.0 Å². The van der Waals surface area contributed by atoms with Crippen molar-refractivity contribution < 1.29 is 8.42 Å². The Kier molecular flexibility index (Phi) is 5.29. The second kappa shape index (κ2) is 7.47. The van der Waals surface area contributed by atoms with E-state index >= 15 is 0 Å². The summed E-state index contributed by atoms with van der Waals surface area (Å²) < 4.78 is 27.7. The summed E-state index contributed by atoms with van der Waals surface area (Å²) in [5, 5.41) is 3.27. The van der Waals surface area contributed by atoms with Gasteiger partial charge in [0, 0.05) is 10.6 Å². The molecule has 0 aliphatic carbocycles.